The van der Waals surface area contributed by atoms with E-state index in [0.717, 1.165) is 36.2 Å². The number of aromatic nitrogens is 2. The molecule has 4 heteroatoms. The van der Waals surface area contributed by atoms with E-state index in [0.29, 0.717) is 0 Å². The molecule has 1 aromatic heterocycles. The van der Waals surface area contributed by atoms with E-state index >= 15 is 0 Å². The third kappa shape index (κ3) is 4.56. The molecule has 0 saturated carbocycles. The second-order valence-corrected chi connectivity index (χ2v) is 6.35. The van der Waals surface area contributed by atoms with Crippen LogP contribution in [0.25, 0.3) is 11.3 Å². The summed E-state index contributed by atoms with van der Waals surface area (Å²) in [4.78, 5) is 0. The highest BCUT2D eigenvalue weighted by Crippen LogP contribution is 2.23. The van der Waals surface area contributed by atoms with Crippen LogP contribution in [0.4, 0.5) is 0 Å². The Bertz CT molecular complexity index is 765. The van der Waals surface area contributed by atoms with E-state index in [-0.39, 0.29) is 12.6 Å². The number of aryl methyl sites for hydroxylation is 1. The Labute approximate surface area is 148 Å². The Kier molecular flexibility index (Phi) is 5.99. The van der Waals surface area contributed by atoms with Gasteiger partial charge in [0.15, 0.2) is 0 Å². The van der Waals surface area contributed by atoms with Gasteiger partial charge >= 0.3 is 0 Å². The summed E-state index contributed by atoms with van der Waals surface area (Å²) in [5.74, 6) is 0. The van der Waals surface area contributed by atoms with Crippen molar-refractivity contribution in [1.82, 2.24) is 15.5 Å². The van der Waals surface area contributed by atoms with Crippen LogP contribution in [0.2, 0.25) is 0 Å². The first kappa shape index (κ1) is 17.4. The molecule has 2 aromatic carbocycles. The number of rotatable bonds is 8. The van der Waals surface area contributed by atoms with Crippen molar-refractivity contribution < 1.29 is 5.11 Å². The van der Waals surface area contributed by atoms with Gasteiger partial charge in [-0.15, -0.1) is 0 Å². The number of H-pyrrole nitrogens is 1. The van der Waals surface area contributed by atoms with Crippen LogP contribution in [0.3, 0.4) is 0 Å². The first-order valence-corrected chi connectivity index (χ1v) is 8.76. The van der Waals surface area contributed by atoms with Crippen LogP contribution in [0.15, 0.2) is 60.8 Å². The molecule has 0 aliphatic rings. The van der Waals surface area contributed by atoms with E-state index in [2.05, 4.69) is 71.0 Å². The molecule has 0 fully saturated rings. The molecule has 130 valence electrons. The molecule has 0 spiro atoms. The van der Waals surface area contributed by atoms with Crippen molar-refractivity contribution in [2.45, 2.75) is 32.4 Å². The van der Waals surface area contributed by atoms with Crippen molar-refractivity contribution in [2.24, 2.45) is 0 Å². The Morgan fingerprint density at radius 1 is 1.08 bits per heavy atom. The summed E-state index contributed by atoms with van der Waals surface area (Å²) >= 11 is 0. The number of aliphatic hydroxyl groups excluding tert-OH is 1. The second kappa shape index (κ2) is 8.60. The number of nitrogens with one attached hydrogen (secondary N) is 2. The first-order valence-electron chi connectivity index (χ1n) is 8.76. The van der Waals surface area contributed by atoms with Crippen molar-refractivity contribution in [1.29, 1.82) is 0 Å². The lowest BCUT2D eigenvalue weighted by Crippen LogP contribution is -2.21. The minimum Gasteiger partial charge on any atom is -0.396 e. The second-order valence-electron chi connectivity index (χ2n) is 6.35. The van der Waals surface area contributed by atoms with Gasteiger partial charge in [0.2, 0.25) is 0 Å². The van der Waals surface area contributed by atoms with Crippen molar-refractivity contribution in [3.8, 4) is 11.3 Å². The number of aliphatic hydroxyl groups is 1. The number of benzene rings is 2. The lowest BCUT2D eigenvalue weighted by atomic mass is 10.0. The van der Waals surface area contributed by atoms with Crippen LogP contribution in [-0.2, 0) is 6.54 Å². The maximum atomic E-state index is 9.19. The van der Waals surface area contributed by atoms with E-state index < -0.39 is 0 Å². The summed E-state index contributed by atoms with van der Waals surface area (Å²) in [6.07, 6.45) is 3.57. The quantitative estimate of drug-likeness (QED) is 0.583. The zero-order valence-electron chi connectivity index (χ0n) is 14.6. The molecule has 1 heterocycles. The molecule has 0 radical (unpaired) electrons. The summed E-state index contributed by atoms with van der Waals surface area (Å²) in [5.41, 5.74) is 5.84. The maximum absolute atomic E-state index is 9.19. The maximum Gasteiger partial charge on any atom is 0.0695 e. The average molecular weight is 335 g/mol. The fourth-order valence-electron chi connectivity index (χ4n) is 3.02. The lowest BCUT2D eigenvalue weighted by molar-refractivity contribution is 0.275. The van der Waals surface area contributed by atoms with Gasteiger partial charge in [0.05, 0.1) is 11.9 Å². The highest BCUT2D eigenvalue weighted by Gasteiger charge is 2.13. The van der Waals surface area contributed by atoms with Crippen LogP contribution in [0, 0.1) is 6.92 Å². The number of aromatic amines is 1. The van der Waals surface area contributed by atoms with Gasteiger partial charge in [-0.05, 0) is 30.9 Å². The first-order chi connectivity index (χ1) is 12.3. The van der Waals surface area contributed by atoms with Crippen molar-refractivity contribution >= 4 is 0 Å². The molecule has 0 bridgehead atoms. The average Bonchev–Trinajstić information content (AvgIpc) is 3.12. The molecule has 0 amide bonds. The van der Waals surface area contributed by atoms with E-state index in [9.17, 15) is 5.11 Å². The minimum absolute atomic E-state index is 0.214. The smallest absolute Gasteiger partial charge is 0.0695 e. The zero-order valence-corrected chi connectivity index (χ0v) is 14.6. The normalized spacial score (nSPS) is 12.2. The molecule has 4 nitrogen and oxygen atoms in total. The van der Waals surface area contributed by atoms with Gasteiger partial charge < -0.3 is 10.4 Å². The summed E-state index contributed by atoms with van der Waals surface area (Å²) in [6, 6.07) is 19.1. The molecule has 25 heavy (non-hydrogen) atoms. The molecule has 3 N–H and O–H groups in total. The molecular formula is C21H25N3O. The van der Waals surface area contributed by atoms with Crippen LogP contribution < -0.4 is 5.32 Å². The minimum atomic E-state index is 0.214. The summed E-state index contributed by atoms with van der Waals surface area (Å²) in [6.45, 7) is 3.03. The molecule has 1 unspecified atom stereocenters. The van der Waals surface area contributed by atoms with Gasteiger partial charge in [-0.3, -0.25) is 5.10 Å². The fraction of sp³-hybridized carbons (Fsp3) is 0.286. The van der Waals surface area contributed by atoms with Gasteiger partial charge in [0.1, 0.15) is 0 Å². The molecule has 1 atom stereocenters. The molecule has 3 aromatic rings. The summed E-state index contributed by atoms with van der Waals surface area (Å²) in [7, 11) is 0. The molecule has 0 saturated heterocycles. The van der Waals surface area contributed by atoms with Crippen LogP contribution in [0.5, 0.6) is 0 Å². The Morgan fingerprint density at radius 3 is 2.56 bits per heavy atom. The van der Waals surface area contributed by atoms with E-state index in [1.165, 1.54) is 11.1 Å². The van der Waals surface area contributed by atoms with Gasteiger partial charge in [0, 0.05) is 24.8 Å². The topological polar surface area (TPSA) is 60.9 Å². The van der Waals surface area contributed by atoms with E-state index in [1.54, 1.807) is 0 Å². The predicted octanol–water partition coefficient (Wildman–Crippen LogP) is 3.99. The number of hydrogen-bond acceptors (Lipinski definition) is 3. The van der Waals surface area contributed by atoms with Crippen molar-refractivity contribution in [2.75, 3.05) is 6.61 Å². The summed E-state index contributed by atoms with van der Waals surface area (Å²) < 4.78 is 0. The van der Waals surface area contributed by atoms with Crippen molar-refractivity contribution in [3.63, 3.8) is 0 Å². The highest BCUT2D eigenvalue weighted by atomic mass is 16.2. The molecule has 0 aliphatic heterocycles. The van der Waals surface area contributed by atoms with E-state index in [1.807, 2.05) is 12.3 Å². The van der Waals surface area contributed by atoms with Crippen LogP contribution in [-0.4, -0.2) is 21.9 Å². The number of nitrogens with zero attached hydrogens (tertiary/aromatic N) is 1. The lowest BCUT2D eigenvalue weighted by Gasteiger charge is -2.19. The Hall–Kier alpha value is -2.43. The van der Waals surface area contributed by atoms with Crippen LogP contribution in [0.1, 0.15) is 35.6 Å². The summed E-state index contributed by atoms with van der Waals surface area (Å²) in [5, 5.41) is 20.2. The van der Waals surface area contributed by atoms with E-state index in [4.69, 9.17) is 0 Å². The molecule has 3 rings (SSSR count). The zero-order chi connectivity index (χ0) is 17.5. The fourth-order valence-corrected chi connectivity index (χ4v) is 3.02. The third-order valence-corrected chi connectivity index (χ3v) is 4.45. The standard InChI is InChI=1S/C21H25N3O/c1-16-9-11-18(12-10-16)21-19(15-23-24-21)14-22-20(8-5-13-25)17-6-3-2-4-7-17/h2-4,6-7,9-12,15,20,22,25H,5,8,13-14H2,1H3,(H,23,24). The van der Waals surface area contributed by atoms with Gasteiger partial charge in [-0.2, -0.15) is 5.10 Å². The highest BCUT2D eigenvalue weighted by molar-refractivity contribution is 5.62. The van der Waals surface area contributed by atoms with Gasteiger partial charge in [-0.1, -0.05) is 60.2 Å². The van der Waals surface area contributed by atoms with Gasteiger partial charge in [-0.25, -0.2) is 0 Å². The molecule has 0 aliphatic carbocycles. The molecular weight excluding hydrogens is 310 g/mol. The van der Waals surface area contributed by atoms with Crippen LogP contribution >= 0.6 is 0 Å². The van der Waals surface area contributed by atoms with Crippen molar-refractivity contribution in [3.05, 3.63) is 77.5 Å². The Balaban J connectivity index is 1.73. The predicted molar refractivity (Wildman–Crippen MR) is 101 cm³/mol. The van der Waals surface area contributed by atoms with Gasteiger partial charge in [0.25, 0.3) is 0 Å². The Morgan fingerprint density at radius 2 is 1.84 bits per heavy atom. The monoisotopic (exact) mass is 335 g/mol. The SMILES string of the molecule is Cc1ccc(-c2[nH]ncc2CNC(CCCO)c2ccccc2)cc1. The third-order valence-electron chi connectivity index (χ3n) is 4.45. The largest absolute Gasteiger partial charge is 0.396 e. The number of hydrogen-bond donors (Lipinski definition) is 3.